The van der Waals surface area contributed by atoms with Gasteiger partial charge in [0.15, 0.2) is 11.5 Å². The fourth-order valence-electron chi connectivity index (χ4n) is 4.64. The number of rotatable bonds is 5. The van der Waals surface area contributed by atoms with Gasteiger partial charge in [-0.3, -0.25) is 9.59 Å². The van der Waals surface area contributed by atoms with Gasteiger partial charge in [0.05, 0.1) is 5.69 Å². The van der Waals surface area contributed by atoms with Crippen LogP contribution in [0.25, 0.3) is 0 Å². The Balaban J connectivity index is 1.11. The summed E-state index contributed by atoms with van der Waals surface area (Å²) in [6.07, 6.45) is 1.94. The molecule has 5 rings (SSSR count). The Morgan fingerprint density at radius 3 is 2.55 bits per heavy atom. The van der Waals surface area contributed by atoms with Gasteiger partial charge in [0, 0.05) is 44.1 Å². The Morgan fingerprint density at radius 2 is 1.81 bits per heavy atom. The molecule has 3 heterocycles. The summed E-state index contributed by atoms with van der Waals surface area (Å²) in [7, 11) is 0. The van der Waals surface area contributed by atoms with Crippen molar-refractivity contribution in [2.24, 2.45) is 5.92 Å². The average Bonchev–Trinajstić information content (AvgIpc) is 3.34. The van der Waals surface area contributed by atoms with E-state index in [0.29, 0.717) is 39.0 Å². The fraction of sp³-hybridized carbons (Fsp3) is 0.522. The van der Waals surface area contributed by atoms with E-state index in [9.17, 15) is 9.59 Å². The van der Waals surface area contributed by atoms with E-state index in [4.69, 9.17) is 14.0 Å². The van der Waals surface area contributed by atoms with Crippen molar-refractivity contribution in [1.82, 2.24) is 15.0 Å². The average molecular weight is 425 g/mol. The molecular formula is C23H27N3O5. The summed E-state index contributed by atoms with van der Waals surface area (Å²) >= 11 is 0. The van der Waals surface area contributed by atoms with Crippen LogP contribution in [0.15, 0.2) is 22.7 Å². The lowest BCUT2D eigenvalue weighted by Crippen LogP contribution is -2.51. The number of carbonyl (C=O) groups excluding carboxylic acids is 2. The third kappa shape index (κ3) is 3.86. The number of fused-ring (bicyclic) bond motifs is 1. The molecule has 8 nitrogen and oxygen atoms in total. The van der Waals surface area contributed by atoms with Gasteiger partial charge in [-0.15, -0.1) is 0 Å². The van der Waals surface area contributed by atoms with Crippen molar-refractivity contribution in [1.29, 1.82) is 0 Å². The van der Waals surface area contributed by atoms with Crippen molar-refractivity contribution in [3.63, 3.8) is 0 Å². The zero-order valence-electron chi connectivity index (χ0n) is 17.9. The number of ether oxygens (including phenoxy) is 2. The quantitative estimate of drug-likeness (QED) is 0.732. The van der Waals surface area contributed by atoms with E-state index in [1.165, 1.54) is 0 Å². The van der Waals surface area contributed by atoms with Crippen molar-refractivity contribution >= 4 is 11.8 Å². The van der Waals surface area contributed by atoms with Crippen LogP contribution in [-0.2, 0) is 16.0 Å². The molecule has 0 spiro atoms. The third-order valence-electron chi connectivity index (χ3n) is 6.65. The van der Waals surface area contributed by atoms with E-state index >= 15 is 0 Å². The van der Waals surface area contributed by atoms with Crippen molar-refractivity contribution < 1.29 is 23.6 Å². The number of piperazine rings is 1. The summed E-state index contributed by atoms with van der Waals surface area (Å²) in [5, 5.41) is 3.95. The molecule has 2 aliphatic heterocycles. The van der Waals surface area contributed by atoms with Gasteiger partial charge in [0.1, 0.15) is 5.76 Å². The maximum atomic E-state index is 13.0. The Labute approximate surface area is 181 Å². The normalized spacial score (nSPS) is 22.0. The fourth-order valence-corrected chi connectivity index (χ4v) is 4.64. The van der Waals surface area contributed by atoms with Gasteiger partial charge in [-0.2, -0.15) is 0 Å². The Kier molecular flexibility index (Phi) is 5.08. The number of hydrogen-bond acceptors (Lipinski definition) is 6. The second kappa shape index (κ2) is 7.90. The van der Waals surface area contributed by atoms with Crippen LogP contribution >= 0.6 is 0 Å². The lowest BCUT2D eigenvalue weighted by atomic mass is 10.1. The predicted octanol–water partition coefficient (Wildman–Crippen LogP) is 2.43. The molecular weight excluding hydrogens is 398 g/mol. The zero-order valence-corrected chi connectivity index (χ0v) is 17.9. The molecule has 3 aliphatic rings. The number of carbonyl (C=O) groups is 2. The lowest BCUT2D eigenvalue weighted by Gasteiger charge is -2.35. The number of hydrogen-bond donors (Lipinski definition) is 0. The van der Waals surface area contributed by atoms with Gasteiger partial charge in [-0.1, -0.05) is 11.2 Å². The first-order valence-electron chi connectivity index (χ1n) is 10.9. The van der Waals surface area contributed by atoms with Crippen LogP contribution in [0.4, 0.5) is 0 Å². The molecule has 1 aromatic carbocycles. The maximum absolute atomic E-state index is 13.0. The first kappa shape index (κ1) is 19.9. The van der Waals surface area contributed by atoms with Crippen molar-refractivity contribution in [2.45, 2.75) is 39.0 Å². The van der Waals surface area contributed by atoms with Crippen LogP contribution in [0.3, 0.4) is 0 Å². The Morgan fingerprint density at radius 1 is 1.06 bits per heavy atom. The summed E-state index contributed by atoms with van der Waals surface area (Å²) in [6.45, 7) is 6.41. The van der Waals surface area contributed by atoms with Gasteiger partial charge in [-0.05, 0) is 50.3 Å². The molecule has 1 aliphatic carbocycles. The molecule has 164 valence electrons. The van der Waals surface area contributed by atoms with Gasteiger partial charge in [0.25, 0.3) is 0 Å². The molecule has 2 unspecified atom stereocenters. The van der Waals surface area contributed by atoms with Crippen molar-refractivity contribution in [3.05, 3.63) is 40.8 Å². The lowest BCUT2D eigenvalue weighted by molar-refractivity contribution is -0.140. The molecule has 1 aromatic heterocycles. The van der Waals surface area contributed by atoms with Gasteiger partial charge < -0.3 is 23.8 Å². The standard InChI is InChI=1S/C23H27N3O5/c1-14-17(15(2)31-24-14)4-6-22(27)25-7-9-26(10-8-25)23(28)19-12-18(19)16-3-5-20-21(11-16)30-13-29-20/h3,5,11,18-19H,4,6-10,12-13H2,1-2H3. The number of benzene rings is 1. The summed E-state index contributed by atoms with van der Waals surface area (Å²) in [5.41, 5.74) is 3.00. The number of aromatic nitrogens is 1. The topological polar surface area (TPSA) is 85.1 Å². The minimum Gasteiger partial charge on any atom is -0.454 e. The first-order valence-corrected chi connectivity index (χ1v) is 10.9. The Bertz CT molecular complexity index is 989. The molecule has 0 bridgehead atoms. The molecule has 0 N–H and O–H groups in total. The largest absolute Gasteiger partial charge is 0.454 e. The van der Waals surface area contributed by atoms with Gasteiger partial charge in [0.2, 0.25) is 18.6 Å². The highest BCUT2D eigenvalue weighted by molar-refractivity contribution is 5.83. The molecule has 2 amide bonds. The predicted molar refractivity (Wildman–Crippen MR) is 111 cm³/mol. The van der Waals surface area contributed by atoms with E-state index in [0.717, 1.165) is 40.5 Å². The zero-order chi connectivity index (χ0) is 21.5. The number of nitrogens with zero attached hydrogens (tertiary/aromatic N) is 3. The molecule has 1 saturated heterocycles. The number of amides is 2. The van der Waals surface area contributed by atoms with Crippen LogP contribution in [0, 0.1) is 19.8 Å². The summed E-state index contributed by atoms with van der Waals surface area (Å²) in [5.74, 6) is 2.91. The van der Waals surface area contributed by atoms with Crippen LogP contribution < -0.4 is 9.47 Å². The maximum Gasteiger partial charge on any atom is 0.231 e. The highest BCUT2D eigenvalue weighted by Crippen LogP contribution is 2.50. The smallest absolute Gasteiger partial charge is 0.231 e. The summed E-state index contributed by atoms with van der Waals surface area (Å²) in [6, 6.07) is 5.95. The SMILES string of the molecule is Cc1noc(C)c1CCC(=O)N1CCN(C(=O)C2CC2c2ccc3c(c2)OCO3)CC1. The van der Waals surface area contributed by atoms with Crippen LogP contribution in [0.2, 0.25) is 0 Å². The van der Waals surface area contributed by atoms with Crippen molar-refractivity contribution in [3.8, 4) is 11.5 Å². The van der Waals surface area contributed by atoms with Crippen LogP contribution in [0.5, 0.6) is 11.5 Å². The third-order valence-corrected chi connectivity index (χ3v) is 6.65. The Hall–Kier alpha value is -3.03. The molecule has 2 aromatic rings. The van der Waals surface area contributed by atoms with E-state index in [1.807, 2.05) is 41.8 Å². The summed E-state index contributed by atoms with van der Waals surface area (Å²) < 4.78 is 16.0. The van der Waals surface area contributed by atoms with E-state index in [2.05, 4.69) is 5.16 Å². The van der Waals surface area contributed by atoms with E-state index < -0.39 is 0 Å². The monoisotopic (exact) mass is 425 g/mol. The number of aryl methyl sites for hydroxylation is 2. The molecule has 0 radical (unpaired) electrons. The molecule has 31 heavy (non-hydrogen) atoms. The minimum atomic E-state index is 0.0298. The highest BCUT2D eigenvalue weighted by Gasteiger charge is 2.46. The van der Waals surface area contributed by atoms with E-state index in [-0.39, 0.29) is 30.4 Å². The second-order valence-electron chi connectivity index (χ2n) is 8.57. The highest BCUT2D eigenvalue weighted by atomic mass is 16.7. The molecule has 2 fully saturated rings. The van der Waals surface area contributed by atoms with E-state index in [1.54, 1.807) is 0 Å². The minimum absolute atomic E-state index is 0.0298. The van der Waals surface area contributed by atoms with Gasteiger partial charge in [-0.25, -0.2) is 0 Å². The summed E-state index contributed by atoms with van der Waals surface area (Å²) in [4.78, 5) is 29.4. The molecule has 2 atom stereocenters. The van der Waals surface area contributed by atoms with Gasteiger partial charge >= 0.3 is 0 Å². The van der Waals surface area contributed by atoms with Crippen molar-refractivity contribution in [2.75, 3.05) is 33.0 Å². The first-order chi connectivity index (χ1) is 15.0. The molecule has 1 saturated carbocycles. The molecule has 8 heteroatoms. The second-order valence-corrected chi connectivity index (χ2v) is 8.57. The van der Waals surface area contributed by atoms with Crippen LogP contribution in [0.1, 0.15) is 41.3 Å². The van der Waals surface area contributed by atoms with Crippen LogP contribution in [-0.4, -0.2) is 59.7 Å².